The van der Waals surface area contributed by atoms with Crippen LogP contribution in [0.15, 0.2) is 63.9 Å². The van der Waals surface area contributed by atoms with Gasteiger partial charge in [0.15, 0.2) is 10.9 Å². The molecule has 5 aromatic rings. The molecule has 0 aliphatic rings. The molecule has 8 heteroatoms. The van der Waals surface area contributed by atoms with Crippen LogP contribution >= 0.6 is 22.7 Å². The third kappa shape index (κ3) is 2.92. The summed E-state index contributed by atoms with van der Waals surface area (Å²) in [5, 5.41) is 8.88. The monoisotopic (exact) mass is 406 g/mol. The number of rotatable bonds is 4. The maximum Gasteiger partial charge on any atom is 0.276 e. The quantitative estimate of drug-likeness (QED) is 0.441. The molecule has 0 spiro atoms. The van der Waals surface area contributed by atoms with E-state index in [9.17, 15) is 4.79 Å². The first-order valence-electron chi connectivity index (χ1n) is 8.50. The number of nitrogens with zero attached hydrogens (tertiary/aromatic N) is 3. The average Bonchev–Trinajstić information content (AvgIpc) is 3.49. The third-order valence-electron chi connectivity index (χ3n) is 4.41. The van der Waals surface area contributed by atoms with E-state index in [-0.39, 0.29) is 5.91 Å². The van der Waals surface area contributed by atoms with E-state index in [1.165, 1.54) is 22.7 Å². The molecule has 1 amide bonds. The van der Waals surface area contributed by atoms with Gasteiger partial charge in [0.05, 0.1) is 12.0 Å². The molecule has 0 atom stereocenters. The lowest BCUT2D eigenvalue weighted by atomic mass is 10.2. The Hall–Kier alpha value is -3.23. The van der Waals surface area contributed by atoms with Crippen LogP contribution in [0.25, 0.3) is 33.1 Å². The van der Waals surface area contributed by atoms with Crippen molar-refractivity contribution in [3.05, 3.63) is 65.2 Å². The maximum atomic E-state index is 12.6. The van der Waals surface area contributed by atoms with Crippen LogP contribution in [0.3, 0.4) is 0 Å². The Morgan fingerprint density at radius 2 is 2.00 bits per heavy atom. The standard InChI is InChI=1S/C20H14N4O2S2/c1-24-15-6-3-2-5-12(15)9-16(24)19-21-14(11-27-19)18(25)23-20-22-13(10-28-20)17-7-4-8-26-17/h2-11H,1H3,(H,22,23,25). The molecule has 0 bridgehead atoms. The summed E-state index contributed by atoms with van der Waals surface area (Å²) in [4.78, 5) is 21.5. The molecule has 4 aromatic heterocycles. The number of carbonyl (C=O) groups is 1. The van der Waals surface area contributed by atoms with Crippen LogP contribution < -0.4 is 5.32 Å². The van der Waals surface area contributed by atoms with Crippen LogP contribution in [-0.2, 0) is 7.05 Å². The number of aromatic nitrogens is 3. The Bertz CT molecular complexity index is 1280. The zero-order valence-corrected chi connectivity index (χ0v) is 16.4. The molecule has 4 heterocycles. The van der Waals surface area contributed by atoms with E-state index < -0.39 is 0 Å². The Morgan fingerprint density at radius 3 is 2.82 bits per heavy atom. The number of fused-ring (bicyclic) bond motifs is 1. The minimum absolute atomic E-state index is 0.276. The van der Waals surface area contributed by atoms with Crippen LogP contribution in [0.4, 0.5) is 5.13 Å². The molecule has 138 valence electrons. The SMILES string of the molecule is Cn1c(-c2nc(C(=O)Nc3nc(-c4ccco4)cs3)cs2)cc2ccccc21. The zero-order chi connectivity index (χ0) is 19.1. The minimum Gasteiger partial charge on any atom is -0.463 e. The number of hydrogen-bond acceptors (Lipinski definition) is 6. The second-order valence-electron chi connectivity index (χ2n) is 6.15. The number of amides is 1. The molecule has 0 radical (unpaired) electrons. The molecule has 0 aliphatic carbocycles. The maximum absolute atomic E-state index is 12.6. The van der Waals surface area contributed by atoms with Crippen LogP contribution in [0.5, 0.6) is 0 Å². The van der Waals surface area contributed by atoms with Crippen molar-refractivity contribution in [2.75, 3.05) is 5.32 Å². The van der Waals surface area contributed by atoms with E-state index in [2.05, 4.69) is 38.1 Å². The molecule has 0 saturated carbocycles. The Labute approximate surface area is 168 Å². The van der Waals surface area contributed by atoms with Gasteiger partial charge < -0.3 is 8.98 Å². The fourth-order valence-corrected chi connectivity index (χ4v) is 4.57. The van der Waals surface area contributed by atoms with Crippen molar-refractivity contribution in [1.82, 2.24) is 14.5 Å². The predicted octanol–water partition coefficient (Wildman–Crippen LogP) is 5.27. The highest BCUT2D eigenvalue weighted by atomic mass is 32.1. The van der Waals surface area contributed by atoms with E-state index in [1.54, 1.807) is 17.7 Å². The van der Waals surface area contributed by atoms with Crippen LogP contribution in [0.1, 0.15) is 10.5 Å². The van der Waals surface area contributed by atoms with Gasteiger partial charge in [0.1, 0.15) is 16.4 Å². The smallest absolute Gasteiger partial charge is 0.276 e. The fourth-order valence-electron chi connectivity index (χ4n) is 3.02. The molecule has 0 saturated heterocycles. The number of para-hydroxylation sites is 1. The first-order valence-corrected chi connectivity index (χ1v) is 10.3. The molecule has 28 heavy (non-hydrogen) atoms. The molecule has 6 nitrogen and oxygen atoms in total. The fraction of sp³-hybridized carbons (Fsp3) is 0.0500. The highest BCUT2D eigenvalue weighted by molar-refractivity contribution is 7.14. The molecule has 0 aliphatic heterocycles. The third-order valence-corrected chi connectivity index (χ3v) is 6.03. The van der Waals surface area contributed by atoms with Gasteiger partial charge in [-0.1, -0.05) is 18.2 Å². The normalized spacial score (nSPS) is 11.2. The lowest BCUT2D eigenvalue weighted by Crippen LogP contribution is -2.12. The van der Waals surface area contributed by atoms with Gasteiger partial charge >= 0.3 is 0 Å². The number of benzene rings is 1. The van der Waals surface area contributed by atoms with Crippen molar-refractivity contribution in [1.29, 1.82) is 0 Å². The number of nitrogens with one attached hydrogen (secondary N) is 1. The first-order chi connectivity index (χ1) is 13.7. The Morgan fingerprint density at radius 1 is 1.11 bits per heavy atom. The number of anilines is 1. The Kier molecular flexibility index (Phi) is 4.07. The van der Waals surface area contributed by atoms with E-state index in [0.717, 1.165) is 21.6 Å². The van der Waals surface area contributed by atoms with Gasteiger partial charge in [-0.05, 0) is 24.3 Å². The van der Waals surface area contributed by atoms with E-state index in [4.69, 9.17) is 4.42 Å². The summed E-state index contributed by atoms with van der Waals surface area (Å²) in [5.74, 6) is 0.394. The lowest BCUT2D eigenvalue weighted by Gasteiger charge is -2.00. The molecule has 1 aromatic carbocycles. The lowest BCUT2D eigenvalue weighted by molar-refractivity contribution is 0.102. The predicted molar refractivity (Wildman–Crippen MR) is 112 cm³/mol. The second-order valence-corrected chi connectivity index (χ2v) is 7.87. The number of thiazole rings is 2. The molecule has 1 N–H and O–H groups in total. The molecule has 0 fully saturated rings. The number of furan rings is 1. The summed E-state index contributed by atoms with van der Waals surface area (Å²) in [7, 11) is 2.00. The zero-order valence-electron chi connectivity index (χ0n) is 14.7. The summed E-state index contributed by atoms with van der Waals surface area (Å²) in [5.41, 5.74) is 3.19. The van der Waals surface area contributed by atoms with Gasteiger partial charge in [-0.2, -0.15) is 0 Å². The van der Waals surface area contributed by atoms with Gasteiger partial charge in [-0.25, -0.2) is 9.97 Å². The van der Waals surface area contributed by atoms with E-state index in [1.807, 2.05) is 30.6 Å². The molecular weight excluding hydrogens is 392 g/mol. The summed E-state index contributed by atoms with van der Waals surface area (Å²) < 4.78 is 7.42. The highest BCUT2D eigenvalue weighted by Crippen LogP contribution is 2.30. The summed E-state index contributed by atoms with van der Waals surface area (Å²) >= 11 is 2.80. The number of carbonyl (C=O) groups excluding carboxylic acids is 1. The van der Waals surface area contributed by atoms with Gasteiger partial charge in [-0.3, -0.25) is 10.1 Å². The van der Waals surface area contributed by atoms with Gasteiger partial charge in [-0.15, -0.1) is 22.7 Å². The second kappa shape index (κ2) is 6.74. The van der Waals surface area contributed by atoms with Crippen LogP contribution in [0.2, 0.25) is 0 Å². The van der Waals surface area contributed by atoms with Gasteiger partial charge in [0.25, 0.3) is 5.91 Å². The molecule has 5 rings (SSSR count). The molecular formula is C20H14N4O2S2. The van der Waals surface area contributed by atoms with Crippen LogP contribution in [-0.4, -0.2) is 20.4 Å². The summed E-state index contributed by atoms with van der Waals surface area (Å²) in [6.45, 7) is 0. The van der Waals surface area contributed by atoms with Gasteiger partial charge in [0, 0.05) is 28.7 Å². The minimum atomic E-state index is -0.276. The Balaban J connectivity index is 1.38. The topological polar surface area (TPSA) is 73.0 Å². The van der Waals surface area contributed by atoms with E-state index in [0.29, 0.717) is 22.3 Å². The van der Waals surface area contributed by atoms with E-state index >= 15 is 0 Å². The van der Waals surface area contributed by atoms with Gasteiger partial charge in [0.2, 0.25) is 0 Å². The van der Waals surface area contributed by atoms with Crippen molar-refractivity contribution in [2.45, 2.75) is 0 Å². The first kappa shape index (κ1) is 16.9. The number of hydrogen-bond donors (Lipinski definition) is 1. The summed E-state index contributed by atoms with van der Waals surface area (Å²) in [6, 6.07) is 13.9. The largest absolute Gasteiger partial charge is 0.463 e. The number of aryl methyl sites for hydroxylation is 1. The van der Waals surface area contributed by atoms with Crippen molar-refractivity contribution >= 4 is 44.6 Å². The van der Waals surface area contributed by atoms with Crippen molar-refractivity contribution in [3.63, 3.8) is 0 Å². The van der Waals surface area contributed by atoms with Crippen molar-refractivity contribution in [3.8, 4) is 22.2 Å². The van der Waals surface area contributed by atoms with Crippen molar-refractivity contribution in [2.24, 2.45) is 7.05 Å². The van der Waals surface area contributed by atoms with Crippen molar-refractivity contribution < 1.29 is 9.21 Å². The molecule has 0 unspecified atom stereocenters. The average molecular weight is 406 g/mol. The highest BCUT2D eigenvalue weighted by Gasteiger charge is 2.17. The van der Waals surface area contributed by atoms with Crippen LogP contribution in [0, 0.1) is 0 Å². The summed E-state index contributed by atoms with van der Waals surface area (Å²) in [6.07, 6.45) is 1.59.